The molecular formula is C9H8FNO3. The third-order valence-electron chi connectivity index (χ3n) is 1.70. The third-order valence-corrected chi connectivity index (χ3v) is 1.70. The summed E-state index contributed by atoms with van der Waals surface area (Å²) in [7, 11) is 1.29. The topological polar surface area (TPSA) is 58.9 Å². The van der Waals surface area contributed by atoms with Gasteiger partial charge in [-0.25, -0.2) is 9.79 Å². The number of nitrogens with zero attached hydrogens (tertiary/aromatic N) is 1. The lowest BCUT2D eigenvalue weighted by atomic mass is 10.2. The molecule has 1 N–H and O–H groups in total. The fourth-order valence-corrected chi connectivity index (χ4v) is 0.989. The number of aliphatic imine (C=N–C) groups is 1. The molecule has 5 heteroatoms. The summed E-state index contributed by atoms with van der Waals surface area (Å²) in [5.74, 6) is -1.46. The maximum atomic E-state index is 13.2. The van der Waals surface area contributed by atoms with Crippen LogP contribution in [-0.2, 0) is 11.3 Å². The van der Waals surface area contributed by atoms with Crippen LogP contribution >= 0.6 is 0 Å². The largest absolute Gasteiger partial charge is 0.504 e. The first kappa shape index (κ1) is 10.2. The van der Waals surface area contributed by atoms with Crippen molar-refractivity contribution in [3.63, 3.8) is 0 Å². The molecule has 0 spiro atoms. The van der Waals surface area contributed by atoms with Crippen LogP contribution in [0.4, 0.5) is 4.39 Å². The van der Waals surface area contributed by atoms with E-state index in [1.165, 1.54) is 25.3 Å². The minimum Gasteiger partial charge on any atom is -0.504 e. The highest BCUT2D eigenvalue weighted by molar-refractivity contribution is 5.43. The Kier molecular flexibility index (Phi) is 3.20. The van der Waals surface area contributed by atoms with Crippen molar-refractivity contribution in [2.24, 2.45) is 4.99 Å². The highest BCUT2D eigenvalue weighted by Gasteiger charge is 2.12. The first-order chi connectivity index (χ1) is 6.70. The molecule has 1 rings (SSSR count). The number of phenols is 1. The van der Waals surface area contributed by atoms with Gasteiger partial charge in [0.25, 0.3) is 0 Å². The van der Waals surface area contributed by atoms with Gasteiger partial charge in [0.05, 0.1) is 13.7 Å². The lowest BCUT2D eigenvalue weighted by Crippen LogP contribution is -1.92. The van der Waals surface area contributed by atoms with Crippen molar-refractivity contribution < 1.29 is 19.0 Å². The number of benzene rings is 1. The zero-order valence-electron chi connectivity index (χ0n) is 7.45. The molecule has 0 aliphatic rings. The Bertz CT molecular complexity index is 386. The van der Waals surface area contributed by atoms with E-state index in [1.807, 2.05) is 0 Å². The molecule has 0 amide bonds. The van der Waals surface area contributed by atoms with Crippen LogP contribution in [0.15, 0.2) is 17.1 Å². The highest BCUT2D eigenvalue weighted by Crippen LogP contribution is 2.29. The summed E-state index contributed by atoms with van der Waals surface area (Å²) >= 11 is 0. The second kappa shape index (κ2) is 4.39. The number of phenolic OH excluding ortho intramolecular Hbond substituents is 1. The van der Waals surface area contributed by atoms with Crippen molar-refractivity contribution in [1.82, 2.24) is 0 Å². The van der Waals surface area contributed by atoms with Crippen molar-refractivity contribution >= 4 is 6.08 Å². The van der Waals surface area contributed by atoms with Gasteiger partial charge in [-0.05, 0) is 12.1 Å². The van der Waals surface area contributed by atoms with E-state index >= 15 is 0 Å². The van der Waals surface area contributed by atoms with E-state index in [0.29, 0.717) is 0 Å². The molecule has 1 aromatic rings. The Balaban J connectivity index is 3.10. The molecule has 0 atom stereocenters. The van der Waals surface area contributed by atoms with Crippen LogP contribution in [0.25, 0.3) is 0 Å². The van der Waals surface area contributed by atoms with Gasteiger partial charge in [-0.1, -0.05) is 0 Å². The van der Waals surface area contributed by atoms with Gasteiger partial charge < -0.3 is 9.84 Å². The first-order valence-electron chi connectivity index (χ1n) is 3.78. The number of hydrogen-bond acceptors (Lipinski definition) is 4. The van der Waals surface area contributed by atoms with Crippen molar-refractivity contribution in [1.29, 1.82) is 0 Å². The molecule has 0 radical (unpaired) electrons. The van der Waals surface area contributed by atoms with E-state index in [0.717, 1.165) is 0 Å². The first-order valence-corrected chi connectivity index (χ1v) is 3.78. The van der Waals surface area contributed by atoms with Gasteiger partial charge in [-0.15, -0.1) is 0 Å². The van der Waals surface area contributed by atoms with Crippen molar-refractivity contribution in [3.05, 3.63) is 23.5 Å². The summed E-state index contributed by atoms with van der Waals surface area (Å²) in [4.78, 5) is 13.0. The van der Waals surface area contributed by atoms with E-state index in [4.69, 9.17) is 0 Å². The molecule has 0 unspecified atom stereocenters. The highest BCUT2D eigenvalue weighted by atomic mass is 19.1. The summed E-state index contributed by atoms with van der Waals surface area (Å²) in [6, 6.07) is 2.78. The molecule has 14 heavy (non-hydrogen) atoms. The van der Waals surface area contributed by atoms with Crippen LogP contribution in [0.2, 0.25) is 0 Å². The Labute approximate surface area is 79.7 Å². The quantitative estimate of drug-likeness (QED) is 0.588. The molecule has 0 saturated carbocycles. The Morgan fingerprint density at radius 3 is 2.93 bits per heavy atom. The van der Waals surface area contributed by atoms with E-state index < -0.39 is 11.6 Å². The second-order valence-electron chi connectivity index (χ2n) is 2.50. The van der Waals surface area contributed by atoms with E-state index in [2.05, 4.69) is 9.73 Å². The van der Waals surface area contributed by atoms with Crippen LogP contribution < -0.4 is 4.74 Å². The maximum absolute atomic E-state index is 13.2. The number of isocyanates is 1. The van der Waals surface area contributed by atoms with Crippen molar-refractivity contribution in [2.45, 2.75) is 6.54 Å². The molecular weight excluding hydrogens is 189 g/mol. The Morgan fingerprint density at radius 1 is 1.64 bits per heavy atom. The molecule has 0 saturated heterocycles. The van der Waals surface area contributed by atoms with Crippen LogP contribution in [0.1, 0.15) is 5.56 Å². The average molecular weight is 197 g/mol. The summed E-state index contributed by atoms with van der Waals surface area (Å²) < 4.78 is 17.8. The third kappa shape index (κ3) is 1.89. The van der Waals surface area contributed by atoms with Gasteiger partial charge in [0.2, 0.25) is 11.9 Å². The van der Waals surface area contributed by atoms with Crippen molar-refractivity contribution in [2.75, 3.05) is 7.11 Å². The summed E-state index contributed by atoms with van der Waals surface area (Å²) in [6.07, 6.45) is 1.30. The van der Waals surface area contributed by atoms with Gasteiger partial charge in [0, 0.05) is 5.56 Å². The zero-order valence-corrected chi connectivity index (χ0v) is 7.45. The minimum atomic E-state index is -0.855. The molecule has 0 aliphatic heterocycles. The molecule has 0 bridgehead atoms. The second-order valence-corrected chi connectivity index (χ2v) is 2.50. The number of halogens is 1. The predicted molar refractivity (Wildman–Crippen MR) is 46.4 cm³/mol. The SMILES string of the molecule is COc1ccc(CN=C=O)c(O)c1F. The smallest absolute Gasteiger partial charge is 0.235 e. The number of rotatable bonds is 3. The lowest BCUT2D eigenvalue weighted by molar-refractivity contribution is 0.362. The van der Waals surface area contributed by atoms with E-state index in [1.54, 1.807) is 0 Å². The fourth-order valence-electron chi connectivity index (χ4n) is 0.989. The van der Waals surface area contributed by atoms with Crippen LogP contribution in [0, 0.1) is 5.82 Å². The summed E-state index contributed by atoms with van der Waals surface area (Å²) in [5, 5.41) is 9.29. The molecule has 1 aromatic carbocycles. The number of ether oxygens (including phenoxy) is 1. The van der Waals surface area contributed by atoms with Gasteiger partial charge in [-0.2, -0.15) is 4.39 Å². The standard InChI is InChI=1S/C9H8FNO3/c1-14-7-3-2-6(4-11-5-12)9(13)8(7)10/h2-3,13H,4H2,1H3. The van der Waals surface area contributed by atoms with E-state index in [9.17, 15) is 14.3 Å². The number of aromatic hydroxyl groups is 1. The number of hydrogen-bond donors (Lipinski definition) is 1. The van der Waals surface area contributed by atoms with Crippen LogP contribution in [0.3, 0.4) is 0 Å². The predicted octanol–water partition coefficient (Wildman–Crippen LogP) is 1.38. The van der Waals surface area contributed by atoms with Gasteiger partial charge in [0.15, 0.2) is 11.5 Å². The van der Waals surface area contributed by atoms with Gasteiger partial charge in [-0.3, -0.25) is 0 Å². The van der Waals surface area contributed by atoms with Gasteiger partial charge >= 0.3 is 0 Å². The lowest BCUT2D eigenvalue weighted by Gasteiger charge is -2.05. The zero-order chi connectivity index (χ0) is 10.6. The molecule has 0 aliphatic carbocycles. The molecule has 0 heterocycles. The van der Waals surface area contributed by atoms with E-state index in [-0.39, 0.29) is 17.9 Å². The minimum absolute atomic E-state index is 0.0543. The number of carbonyl (C=O) groups excluding carboxylic acids is 1. The van der Waals surface area contributed by atoms with Gasteiger partial charge in [0.1, 0.15) is 0 Å². The summed E-state index contributed by atoms with van der Waals surface area (Å²) in [6.45, 7) is -0.101. The molecule has 74 valence electrons. The normalized spacial score (nSPS) is 9.29. The maximum Gasteiger partial charge on any atom is 0.235 e. The molecule has 4 nitrogen and oxygen atoms in total. The molecule has 0 aromatic heterocycles. The summed E-state index contributed by atoms with van der Waals surface area (Å²) in [5.41, 5.74) is 0.214. The Morgan fingerprint density at radius 2 is 2.36 bits per heavy atom. The monoisotopic (exact) mass is 197 g/mol. The number of methoxy groups -OCH3 is 1. The Hall–Kier alpha value is -1.87. The average Bonchev–Trinajstić information content (AvgIpc) is 2.20. The van der Waals surface area contributed by atoms with Crippen molar-refractivity contribution in [3.8, 4) is 11.5 Å². The van der Waals surface area contributed by atoms with Crippen LogP contribution in [0.5, 0.6) is 11.5 Å². The van der Waals surface area contributed by atoms with Crippen LogP contribution in [-0.4, -0.2) is 18.3 Å². The fraction of sp³-hybridized carbons (Fsp3) is 0.222. The molecule has 0 fully saturated rings.